The molecule has 0 atom stereocenters. The average Bonchev–Trinajstić information content (AvgIpc) is 2.26. The summed E-state index contributed by atoms with van der Waals surface area (Å²) in [6, 6.07) is 0. The fourth-order valence-electron chi connectivity index (χ4n) is 1.53. The van der Waals surface area contributed by atoms with E-state index < -0.39 is 0 Å². The van der Waals surface area contributed by atoms with Gasteiger partial charge >= 0.3 is 0 Å². The van der Waals surface area contributed by atoms with Crippen molar-refractivity contribution in [2.24, 2.45) is 0 Å². The lowest BCUT2D eigenvalue weighted by Gasteiger charge is -1.97. The SMILES string of the molecule is C=CCC=CCCCCCCCC=CC. The van der Waals surface area contributed by atoms with Crippen LogP contribution < -0.4 is 0 Å². The van der Waals surface area contributed by atoms with Crippen LogP contribution in [0, 0.1) is 0 Å². The molecule has 0 nitrogen and oxygen atoms in total. The van der Waals surface area contributed by atoms with E-state index in [4.69, 9.17) is 0 Å². The molecule has 0 aliphatic carbocycles. The van der Waals surface area contributed by atoms with Crippen molar-refractivity contribution >= 4 is 0 Å². The van der Waals surface area contributed by atoms with Gasteiger partial charge in [0, 0.05) is 0 Å². The number of allylic oxidation sites excluding steroid dienone is 5. The summed E-state index contributed by atoms with van der Waals surface area (Å²) in [6.07, 6.45) is 21.2. The molecule has 0 fully saturated rings. The third-order valence-corrected chi connectivity index (χ3v) is 2.45. The van der Waals surface area contributed by atoms with Crippen LogP contribution in [0.2, 0.25) is 0 Å². The second-order valence-corrected chi connectivity index (χ2v) is 3.91. The molecule has 0 rings (SSSR count). The third-order valence-electron chi connectivity index (χ3n) is 2.45. The summed E-state index contributed by atoms with van der Waals surface area (Å²) in [6.45, 7) is 5.78. The second kappa shape index (κ2) is 13.2. The topological polar surface area (TPSA) is 0 Å². The van der Waals surface area contributed by atoms with Gasteiger partial charge in [0.1, 0.15) is 0 Å². The molecule has 0 N–H and O–H groups in total. The predicted molar refractivity (Wildman–Crippen MR) is 71.1 cm³/mol. The van der Waals surface area contributed by atoms with Crippen LogP contribution in [-0.2, 0) is 0 Å². The zero-order valence-corrected chi connectivity index (χ0v) is 10.3. The van der Waals surface area contributed by atoms with Crippen LogP contribution in [0.25, 0.3) is 0 Å². The van der Waals surface area contributed by atoms with E-state index >= 15 is 0 Å². The van der Waals surface area contributed by atoms with Crippen molar-refractivity contribution in [3.05, 3.63) is 37.0 Å². The van der Waals surface area contributed by atoms with Gasteiger partial charge < -0.3 is 0 Å². The van der Waals surface area contributed by atoms with E-state index in [0.29, 0.717) is 0 Å². The first-order chi connectivity index (χ1) is 7.41. The summed E-state index contributed by atoms with van der Waals surface area (Å²) >= 11 is 0. The number of hydrogen-bond acceptors (Lipinski definition) is 0. The van der Waals surface area contributed by atoms with Crippen LogP contribution in [0.4, 0.5) is 0 Å². The van der Waals surface area contributed by atoms with Crippen LogP contribution in [0.1, 0.15) is 58.3 Å². The summed E-state index contributed by atoms with van der Waals surface area (Å²) in [7, 11) is 0. The van der Waals surface area contributed by atoms with Gasteiger partial charge in [-0.2, -0.15) is 0 Å². The molecular formula is C15H26. The van der Waals surface area contributed by atoms with Crippen molar-refractivity contribution < 1.29 is 0 Å². The molecule has 0 saturated carbocycles. The second-order valence-electron chi connectivity index (χ2n) is 3.91. The monoisotopic (exact) mass is 206 g/mol. The number of rotatable bonds is 10. The molecule has 0 unspecified atom stereocenters. The number of unbranched alkanes of at least 4 members (excludes halogenated alkanes) is 6. The van der Waals surface area contributed by atoms with E-state index in [1.165, 1.54) is 44.9 Å². The van der Waals surface area contributed by atoms with E-state index in [2.05, 4.69) is 37.8 Å². The highest BCUT2D eigenvalue weighted by atomic mass is 13.9. The molecule has 15 heavy (non-hydrogen) atoms. The van der Waals surface area contributed by atoms with Crippen molar-refractivity contribution in [2.75, 3.05) is 0 Å². The molecule has 0 saturated heterocycles. The van der Waals surface area contributed by atoms with Crippen LogP contribution in [-0.4, -0.2) is 0 Å². The lowest BCUT2D eigenvalue weighted by molar-refractivity contribution is 0.621. The zero-order chi connectivity index (χ0) is 11.2. The van der Waals surface area contributed by atoms with Crippen molar-refractivity contribution in [3.63, 3.8) is 0 Å². The summed E-state index contributed by atoms with van der Waals surface area (Å²) in [4.78, 5) is 0. The lowest BCUT2D eigenvalue weighted by atomic mass is 10.1. The molecule has 0 aromatic rings. The van der Waals surface area contributed by atoms with Gasteiger partial charge in [-0.1, -0.05) is 49.6 Å². The smallest absolute Gasteiger partial charge is 0.0172 e. The minimum absolute atomic E-state index is 1.02. The Kier molecular flexibility index (Phi) is 12.5. The molecule has 0 amide bonds. The van der Waals surface area contributed by atoms with Gasteiger partial charge in [-0.15, -0.1) is 6.58 Å². The first kappa shape index (κ1) is 14.2. The van der Waals surface area contributed by atoms with Gasteiger partial charge in [0.15, 0.2) is 0 Å². The molecule has 0 aromatic carbocycles. The molecule has 0 heterocycles. The van der Waals surface area contributed by atoms with E-state index in [9.17, 15) is 0 Å². The Bertz CT molecular complexity index is 174. The van der Waals surface area contributed by atoms with Gasteiger partial charge in [0.05, 0.1) is 0 Å². The lowest BCUT2D eigenvalue weighted by Crippen LogP contribution is -1.78. The van der Waals surface area contributed by atoms with Gasteiger partial charge in [-0.05, 0) is 39.0 Å². The maximum atomic E-state index is 3.69. The summed E-state index contributed by atoms with van der Waals surface area (Å²) in [5.41, 5.74) is 0. The fraction of sp³-hybridized carbons (Fsp3) is 0.600. The van der Waals surface area contributed by atoms with Crippen LogP contribution in [0.3, 0.4) is 0 Å². The van der Waals surface area contributed by atoms with E-state index in [0.717, 1.165) is 6.42 Å². The molecule has 0 aliphatic rings. The number of hydrogen-bond donors (Lipinski definition) is 0. The average molecular weight is 206 g/mol. The Hall–Kier alpha value is -0.780. The van der Waals surface area contributed by atoms with Crippen molar-refractivity contribution in [1.29, 1.82) is 0 Å². The van der Waals surface area contributed by atoms with Gasteiger partial charge in [-0.25, -0.2) is 0 Å². The van der Waals surface area contributed by atoms with Gasteiger partial charge in [0.2, 0.25) is 0 Å². The molecule has 0 bridgehead atoms. The first-order valence-electron chi connectivity index (χ1n) is 6.29. The molecule has 0 heteroatoms. The van der Waals surface area contributed by atoms with Crippen molar-refractivity contribution in [1.82, 2.24) is 0 Å². The maximum absolute atomic E-state index is 3.69. The Balaban J connectivity index is 3.01. The Morgan fingerprint density at radius 1 is 0.800 bits per heavy atom. The van der Waals surface area contributed by atoms with Crippen LogP contribution in [0.15, 0.2) is 37.0 Å². The largest absolute Gasteiger partial charge is 0.103 e. The molecule has 0 aliphatic heterocycles. The summed E-state index contributed by atoms with van der Waals surface area (Å²) in [5, 5.41) is 0. The Morgan fingerprint density at radius 2 is 1.40 bits per heavy atom. The zero-order valence-electron chi connectivity index (χ0n) is 10.3. The fourth-order valence-corrected chi connectivity index (χ4v) is 1.53. The van der Waals surface area contributed by atoms with E-state index in [-0.39, 0.29) is 0 Å². The third kappa shape index (κ3) is 13.2. The summed E-state index contributed by atoms with van der Waals surface area (Å²) in [5.74, 6) is 0. The Morgan fingerprint density at radius 3 is 2.00 bits per heavy atom. The molecule has 0 radical (unpaired) electrons. The Labute approximate surface area is 95.8 Å². The summed E-state index contributed by atoms with van der Waals surface area (Å²) < 4.78 is 0. The molecule has 0 aromatic heterocycles. The van der Waals surface area contributed by atoms with E-state index in [1.54, 1.807) is 0 Å². The van der Waals surface area contributed by atoms with Gasteiger partial charge in [0.25, 0.3) is 0 Å². The minimum Gasteiger partial charge on any atom is -0.103 e. The normalized spacial score (nSPS) is 11.5. The quantitative estimate of drug-likeness (QED) is 0.330. The first-order valence-corrected chi connectivity index (χ1v) is 6.29. The highest BCUT2D eigenvalue weighted by Crippen LogP contribution is 2.08. The molecule has 0 spiro atoms. The molecule has 86 valence electrons. The standard InChI is InChI=1S/C15H26/c1-3-5-7-9-11-13-15-14-12-10-8-6-4-2/h3-4,6-7,9H,1,5,8,10-15H2,2H3. The highest BCUT2D eigenvalue weighted by Gasteiger charge is 1.88. The predicted octanol–water partition coefficient (Wildman–Crippen LogP) is 5.43. The van der Waals surface area contributed by atoms with E-state index in [1.807, 2.05) is 6.08 Å². The van der Waals surface area contributed by atoms with Crippen LogP contribution >= 0.6 is 0 Å². The highest BCUT2D eigenvalue weighted by molar-refractivity contribution is 4.87. The minimum atomic E-state index is 1.02. The molecular weight excluding hydrogens is 180 g/mol. The van der Waals surface area contributed by atoms with Crippen molar-refractivity contribution in [2.45, 2.75) is 58.3 Å². The van der Waals surface area contributed by atoms with Gasteiger partial charge in [-0.3, -0.25) is 0 Å². The van der Waals surface area contributed by atoms with Crippen LogP contribution in [0.5, 0.6) is 0 Å². The maximum Gasteiger partial charge on any atom is -0.0172 e. The van der Waals surface area contributed by atoms with Crippen molar-refractivity contribution in [3.8, 4) is 0 Å².